The molecule has 0 bridgehead atoms. The van der Waals surface area contributed by atoms with E-state index >= 15 is 0 Å². The lowest BCUT2D eigenvalue weighted by Gasteiger charge is -2.03. The minimum absolute atomic E-state index is 0.360. The summed E-state index contributed by atoms with van der Waals surface area (Å²) in [5.41, 5.74) is 0. The first-order chi connectivity index (χ1) is 4.70. The molecule has 0 aliphatic heterocycles. The van der Waals surface area contributed by atoms with Gasteiger partial charge in [0.05, 0.1) is 0 Å². The highest BCUT2D eigenvalue weighted by Gasteiger charge is 2.00. The second-order valence-electron chi connectivity index (χ2n) is 1.72. The van der Waals surface area contributed by atoms with Gasteiger partial charge >= 0.3 is 5.97 Å². The van der Waals surface area contributed by atoms with Gasteiger partial charge in [-0.15, -0.1) is 6.42 Å². The Hall–Kier alpha value is -1.23. The van der Waals surface area contributed by atoms with Gasteiger partial charge in [-0.1, -0.05) is 12.0 Å². The van der Waals surface area contributed by atoms with Crippen molar-refractivity contribution < 1.29 is 9.53 Å². The monoisotopic (exact) mass is 138 g/mol. The Labute approximate surface area is 60.9 Å². The largest absolute Gasteiger partial charge is 0.445 e. The lowest BCUT2D eigenvalue weighted by Crippen LogP contribution is -2.10. The van der Waals surface area contributed by atoms with E-state index in [1.54, 1.807) is 12.2 Å². The van der Waals surface area contributed by atoms with Crippen molar-refractivity contribution in [2.45, 2.75) is 20.0 Å². The molecule has 1 atom stereocenters. The second-order valence-corrected chi connectivity index (χ2v) is 1.72. The topological polar surface area (TPSA) is 26.3 Å². The summed E-state index contributed by atoms with van der Waals surface area (Å²) in [6, 6.07) is 0. The maximum Gasteiger partial charge on any atom is 0.304 e. The molecule has 0 saturated carbocycles. The first-order valence-corrected chi connectivity index (χ1v) is 2.97. The smallest absolute Gasteiger partial charge is 0.304 e. The van der Waals surface area contributed by atoms with Crippen LogP contribution in [0.2, 0.25) is 0 Å². The lowest BCUT2D eigenvalue weighted by molar-refractivity contribution is -0.142. The average molecular weight is 138 g/mol. The molecule has 1 unspecified atom stereocenters. The van der Waals surface area contributed by atoms with Crippen molar-refractivity contribution in [3.8, 4) is 12.3 Å². The van der Waals surface area contributed by atoms with Crippen molar-refractivity contribution in [1.29, 1.82) is 0 Å². The van der Waals surface area contributed by atoms with Gasteiger partial charge in [0.25, 0.3) is 0 Å². The molecule has 0 aromatic carbocycles. The summed E-state index contributed by atoms with van der Waals surface area (Å²) in [5.74, 6) is 1.94. The summed E-state index contributed by atoms with van der Waals surface area (Å²) in [5, 5.41) is 0. The van der Waals surface area contributed by atoms with Crippen LogP contribution in [-0.2, 0) is 9.53 Å². The Morgan fingerprint density at radius 1 is 1.80 bits per heavy atom. The molecule has 2 nitrogen and oxygen atoms in total. The van der Waals surface area contributed by atoms with Gasteiger partial charge < -0.3 is 4.74 Å². The maximum absolute atomic E-state index is 10.3. The molecular formula is C8H10O2. The van der Waals surface area contributed by atoms with Crippen LogP contribution in [0.5, 0.6) is 0 Å². The van der Waals surface area contributed by atoms with Crippen molar-refractivity contribution >= 4 is 5.97 Å². The highest BCUT2D eigenvalue weighted by molar-refractivity contribution is 5.66. The number of carbonyl (C=O) groups excluding carboxylic acids is 1. The van der Waals surface area contributed by atoms with Crippen LogP contribution in [0.25, 0.3) is 0 Å². The minimum Gasteiger partial charge on any atom is -0.445 e. The molecular weight excluding hydrogens is 128 g/mol. The van der Waals surface area contributed by atoms with E-state index in [4.69, 9.17) is 6.42 Å². The Bertz CT molecular complexity index is 174. The second kappa shape index (κ2) is 4.63. The molecule has 0 heterocycles. The number of esters is 1. The Morgan fingerprint density at radius 3 is 2.70 bits per heavy atom. The number of carbonyl (C=O) groups is 1. The van der Waals surface area contributed by atoms with E-state index in [0.717, 1.165) is 0 Å². The molecule has 0 aliphatic carbocycles. The molecule has 54 valence electrons. The van der Waals surface area contributed by atoms with Crippen molar-refractivity contribution in [3.05, 3.63) is 12.2 Å². The zero-order valence-corrected chi connectivity index (χ0v) is 6.13. The molecule has 0 aliphatic rings. The van der Waals surface area contributed by atoms with Crippen LogP contribution in [0.1, 0.15) is 13.8 Å². The summed E-state index contributed by atoms with van der Waals surface area (Å²) >= 11 is 0. The molecule has 0 radical (unpaired) electrons. The SMILES string of the molecule is C#CC(/C=C/C)OC(C)=O. The molecule has 0 aromatic heterocycles. The molecule has 0 amide bonds. The van der Waals surface area contributed by atoms with Crippen LogP contribution in [0.3, 0.4) is 0 Å². The van der Waals surface area contributed by atoms with Crippen molar-refractivity contribution in [2.75, 3.05) is 0 Å². The van der Waals surface area contributed by atoms with Crippen LogP contribution in [0.15, 0.2) is 12.2 Å². The zero-order chi connectivity index (χ0) is 7.98. The summed E-state index contributed by atoms with van der Waals surface area (Å²) in [6.45, 7) is 3.14. The number of rotatable bonds is 2. The normalized spacial score (nSPS) is 12.5. The van der Waals surface area contributed by atoms with Gasteiger partial charge in [-0.25, -0.2) is 0 Å². The molecule has 0 N–H and O–H groups in total. The van der Waals surface area contributed by atoms with E-state index in [1.807, 2.05) is 6.92 Å². The third kappa shape index (κ3) is 3.73. The van der Waals surface area contributed by atoms with Crippen LogP contribution in [0, 0.1) is 12.3 Å². The van der Waals surface area contributed by atoms with Gasteiger partial charge in [-0.05, 0) is 13.0 Å². The fourth-order valence-corrected chi connectivity index (χ4v) is 0.482. The zero-order valence-electron chi connectivity index (χ0n) is 6.13. The fraction of sp³-hybridized carbons (Fsp3) is 0.375. The molecule has 2 heteroatoms. The summed E-state index contributed by atoms with van der Waals surface area (Å²) in [4.78, 5) is 10.3. The number of hydrogen-bond donors (Lipinski definition) is 0. The number of terminal acetylenes is 1. The van der Waals surface area contributed by atoms with E-state index in [2.05, 4.69) is 10.7 Å². The van der Waals surface area contributed by atoms with Crippen molar-refractivity contribution in [2.24, 2.45) is 0 Å². The number of ether oxygens (including phenoxy) is 1. The summed E-state index contributed by atoms with van der Waals surface area (Å²) < 4.78 is 4.68. The van der Waals surface area contributed by atoms with Gasteiger partial charge in [0, 0.05) is 6.92 Å². The van der Waals surface area contributed by atoms with E-state index < -0.39 is 6.10 Å². The van der Waals surface area contributed by atoms with E-state index in [-0.39, 0.29) is 5.97 Å². The van der Waals surface area contributed by atoms with Gasteiger partial charge in [0.1, 0.15) is 0 Å². The Kier molecular flexibility index (Phi) is 4.06. The Morgan fingerprint density at radius 2 is 2.40 bits per heavy atom. The van der Waals surface area contributed by atoms with Crippen LogP contribution >= 0.6 is 0 Å². The third-order valence-corrected chi connectivity index (χ3v) is 0.824. The molecule has 0 rings (SSSR count). The molecule has 0 fully saturated rings. The minimum atomic E-state index is -0.512. The number of hydrogen-bond acceptors (Lipinski definition) is 2. The predicted octanol–water partition coefficient (Wildman–Crippen LogP) is 1.13. The van der Waals surface area contributed by atoms with Crippen molar-refractivity contribution in [1.82, 2.24) is 0 Å². The van der Waals surface area contributed by atoms with E-state index in [1.165, 1.54) is 6.92 Å². The average Bonchev–Trinajstić information content (AvgIpc) is 1.86. The number of allylic oxidation sites excluding steroid dienone is 1. The quantitative estimate of drug-likeness (QED) is 0.325. The predicted molar refractivity (Wildman–Crippen MR) is 39.2 cm³/mol. The molecule has 0 aromatic rings. The van der Waals surface area contributed by atoms with Crippen molar-refractivity contribution in [3.63, 3.8) is 0 Å². The van der Waals surface area contributed by atoms with Gasteiger partial charge in [-0.3, -0.25) is 4.79 Å². The fourth-order valence-electron chi connectivity index (χ4n) is 0.482. The maximum atomic E-state index is 10.3. The lowest BCUT2D eigenvalue weighted by atomic mass is 10.3. The summed E-state index contributed by atoms with van der Waals surface area (Å²) in [7, 11) is 0. The van der Waals surface area contributed by atoms with Gasteiger partial charge in [0.15, 0.2) is 6.10 Å². The third-order valence-electron chi connectivity index (χ3n) is 0.824. The van der Waals surface area contributed by atoms with Crippen LogP contribution in [-0.4, -0.2) is 12.1 Å². The summed E-state index contributed by atoms with van der Waals surface area (Å²) in [6.07, 6.45) is 7.90. The van der Waals surface area contributed by atoms with Crippen LogP contribution in [0.4, 0.5) is 0 Å². The standard InChI is InChI=1S/C8H10O2/c1-4-6-8(5-2)10-7(3)9/h2,4,6,8H,1,3H3/b6-4+. The van der Waals surface area contributed by atoms with Gasteiger partial charge in [-0.2, -0.15) is 0 Å². The molecule has 10 heavy (non-hydrogen) atoms. The van der Waals surface area contributed by atoms with E-state index in [9.17, 15) is 4.79 Å². The molecule has 0 saturated heterocycles. The van der Waals surface area contributed by atoms with Gasteiger partial charge in [0.2, 0.25) is 0 Å². The highest BCUT2D eigenvalue weighted by atomic mass is 16.5. The van der Waals surface area contributed by atoms with E-state index in [0.29, 0.717) is 0 Å². The van der Waals surface area contributed by atoms with Crippen LogP contribution < -0.4 is 0 Å². The molecule has 0 spiro atoms. The highest BCUT2D eigenvalue weighted by Crippen LogP contribution is 1.92. The Balaban J connectivity index is 3.87. The first-order valence-electron chi connectivity index (χ1n) is 2.97. The first kappa shape index (κ1) is 8.77.